The second kappa shape index (κ2) is 5.91. The maximum absolute atomic E-state index is 12.4. The highest BCUT2D eigenvalue weighted by molar-refractivity contribution is 7.93. The van der Waals surface area contributed by atoms with E-state index in [9.17, 15) is 9.35 Å². The number of carbonyl (C=O) groups excluding carboxylic acids is 1. The van der Waals surface area contributed by atoms with Crippen LogP contribution in [0.15, 0.2) is 30.3 Å². The standard InChI is InChI=1S/C16H21BO4S/c1-10-14-15(17)21-16(10,11(2)22(14)19)8-13(18)20-9-12-6-4-3-5-7-12/h3-7,10-11,14-15H,8-9,17H2,1-2H3/t10?,11-,14+,15-,16-,22?/m1/s1. The summed E-state index contributed by atoms with van der Waals surface area (Å²) in [5.74, 6) is -0.170. The molecule has 6 atom stereocenters. The van der Waals surface area contributed by atoms with Crippen LogP contribution in [0.1, 0.15) is 25.8 Å². The van der Waals surface area contributed by atoms with E-state index in [0.29, 0.717) is 0 Å². The lowest BCUT2D eigenvalue weighted by atomic mass is 9.82. The summed E-state index contributed by atoms with van der Waals surface area (Å²) >= 11 is -0.944. The van der Waals surface area contributed by atoms with Crippen molar-refractivity contribution >= 4 is 25.0 Å². The summed E-state index contributed by atoms with van der Waals surface area (Å²) in [6.07, 6.45) is 0.175. The molecule has 0 aliphatic carbocycles. The van der Waals surface area contributed by atoms with Gasteiger partial charge in [0.1, 0.15) is 30.6 Å². The molecule has 2 aliphatic heterocycles. The van der Waals surface area contributed by atoms with Crippen molar-refractivity contribution in [3.05, 3.63) is 35.9 Å². The molecular weight excluding hydrogens is 299 g/mol. The Balaban J connectivity index is 1.66. The van der Waals surface area contributed by atoms with Crippen molar-refractivity contribution in [1.29, 1.82) is 0 Å². The summed E-state index contributed by atoms with van der Waals surface area (Å²) in [6, 6.07) is 9.54. The minimum Gasteiger partial charge on any atom is -0.616 e. The number of esters is 1. The Bertz CT molecular complexity index is 554. The molecule has 118 valence electrons. The van der Waals surface area contributed by atoms with Crippen LogP contribution in [0.25, 0.3) is 0 Å². The summed E-state index contributed by atoms with van der Waals surface area (Å²) in [5, 5.41) is -0.107. The van der Waals surface area contributed by atoms with Crippen LogP contribution in [-0.2, 0) is 32.1 Å². The molecular formula is C16H21BO4S. The molecule has 0 aromatic heterocycles. The fraction of sp³-hybridized carbons (Fsp3) is 0.562. The molecule has 1 aromatic rings. The molecule has 1 aromatic carbocycles. The lowest BCUT2D eigenvalue weighted by Gasteiger charge is -2.35. The van der Waals surface area contributed by atoms with E-state index >= 15 is 0 Å². The number of ether oxygens (including phenoxy) is 2. The molecule has 2 heterocycles. The van der Waals surface area contributed by atoms with Crippen LogP contribution in [0.3, 0.4) is 0 Å². The molecule has 2 saturated heterocycles. The van der Waals surface area contributed by atoms with Crippen LogP contribution in [0.2, 0.25) is 0 Å². The van der Waals surface area contributed by atoms with E-state index in [-0.39, 0.29) is 41.4 Å². The van der Waals surface area contributed by atoms with Gasteiger partial charge in [0.05, 0.1) is 12.4 Å². The lowest BCUT2D eigenvalue weighted by Crippen LogP contribution is -2.49. The van der Waals surface area contributed by atoms with E-state index in [1.54, 1.807) is 0 Å². The van der Waals surface area contributed by atoms with Gasteiger partial charge in [0, 0.05) is 5.92 Å². The number of hydrogen-bond donors (Lipinski definition) is 0. The fourth-order valence-electron chi connectivity index (χ4n) is 3.85. The first-order valence-corrected chi connectivity index (χ1v) is 9.00. The minimum atomic E-state index is -0.944. The normalized spacial score (nSPS) is 39.9. The van der Waals surface area contributed by atoms with E-state index in [1.165, 1.54) is 0 Å². The van der Waals surface area contributed by atoms with Crippen molar-refractivity contribution in [3.8, 4) is 0 Å². The monoisotopic (exact) mass is 320 g/mol. The van der Waals surface area contributed by atoms with Crippen molar-refractivity contribution in [2.75, 3.05) is 0 Å². The number of carbonyl (C=O) groups is 1. The van der Waals surface area contributed by atoms with E-state index in [4.69, 9.17) is 9.47 Å². The minimum absolute atomic E-state index is 0.0249. The van der Waals surface area contributed by atoms with E-state index in [0.717, 1.165) is 5.56 Å². The zero-order valence-electron chi connectivity index (χ0n) is 13.2. The van der Waals surface area contributed by atoms with Gasteiger partial charge in [0.25, 0.3) is 0 Å². The van der Waals surface area contributed by atoms with Gasteiger partial charge in [-0.05, 0) is 23.7 Å². The molecule has 0 N–H and O–H groups in total. The summed E-state index contributed by atoms with van der Waals surface area (Å²) < 4.78 is 23.9. The molecule has 4 nitrogen and oxygen atoms in total. The Morgan fingerprint density at radius 1 is 1.41 bits per heavy atom. The molecule has 0 amide bonds. The fourth-order valence-corrected chi connectivity index (χ4v) is 6.14. The highest BCUT2D eigenvalue weighted by Gasteiger charge is 2.69. The summed E-state index contributed by atoms with van der Waals surface area (Å²) in [6.45, 7) is 4.23. The van der Waals surface area contributed by atoms with Crippen LogP contribution >= 0.6 is 0 Å². The summed E-state index contributed by atoms with van der Waals surface area (Å²) in [5.41, 5.74) is 0.325. The van der Waals surface area contributed by atoms with Crippen molar-refractivity contribution in [2.45, 2.75) is 49.0 Å². The zero-order chi connectivity index (χ0) is 15.9. The Morgan fingerprint density at radius 2 is 2.09 bits per heavy atom. The maximum Gasteiger partial charge on any atom is 0.309 e. The molecule has 3 rings (SSSR count). The number of fused-ring (bicyclic) bond motifs is 2. The highest BCUT2D eigenvalue weighted by atomic mass is 32.2. The number of rotatable bonds is 4. The molecule has 22 heavy (non-hydrogen) atoms. The van der Waals surface area contributed by atoms with E-state index in [2.05, 4.69) is 0 Å². The Kier molecular flexibility index (Phi) is 4.27. The molecule has 2 unspecified atom stereocenters. The van der Waals surface area contributed by atoms with Gasteiger partial charge >= 0.3 is 5.97 Å². The van der Waals surface area contributed by atoms with Crippen molar-refractivity contribution in [2.24, 2.45) is 5.92 Å². The third kappa shape index (κ3) is 2.47. The topological polar surface area (TPSA) is 58.6 Å². The average molecular weight is 320 g/mol. The third-order valence-corrected chi connectivity index (χ3v) is 7.52. The molecule has 6 heteroatoms. The van der Waals surface area contributed by atoms with Gasteiger partial charge in [-0.2, -0.15) is 0 Å². The lowest BCUT2D eigenvalue weighted by molar-refractivity contribution is -0.153. The molecule has 0 spiro atoms. The van der Waals surface area contributed by atoms with Crippen LogP contribution < -0.4 is 0 Å². The van der Waals surface area contributed by atoms with Crippen LogP contribution in [-0.4, -0.2) is 40.5 Å². The van der Waals surface area contributed by atoms with Crippen molar-refractivity contribution in [3.63, 3.8) is 0 Å². The maximum atomic E-state index is 12.4. The molecule has 2 bridgehead atoms. The van der Waals surface area contributed by atoms with Crippen LogP contribution in [0, 0.1) is 5.92 Å². The molecule has 2 fully saturated rings. The Morgan fingerprint density at radius 3 is 2.73 bits per heavy atom. The summed E-state index contributed by atoms with van der Waals surface area (Å²) in [4.78, 5) is 12.3. The van der Waals surface area contributed by atoms with Gasteiger partial charge in [-0.15, -0.1) is 0 Å². The quantitative estimate of drug-likeness (QED) is 0.472. The second-order valence-corrected chi connectivity index (χ2v) is 8.23. The summed E-state index contributed by atoms with van der Waals surface area (Å²) in [7, 11) is 1.95. The molecule has 2 aliphatic rings. The van der Waals surface area contributed by atoms with Gasteiger partial charge < -0.3 is 14.0 Å². The third-order valence-electron chi connectivity index (χ3n) is 5.10. The second-order valence-electron chi connectivity index (χ2n) is 6.33. The van der Waals surface area contributed by atoms with Gasteiger partial charge in [-0.3, -0.25) is 4.79 Å². The number of hydrogen-bond acceptors (Lipinski definition) is 4. The Hall–Kier alpha value is -0.975. The number of benzene rings is 1. The SMILES string of the molecule is B[C@@H]1O[C@]2(CC(=O)OCc3ccccc3)C(C)[C@@H]1[S+]([O-])[C@@H]2C. The van der Waals surface area contributed by atoms with Gasteiger partial charge in [-0.25, -0.2) is 0 Å². The first kappa shape index (κ1) is 15.9. The smallest absolute Gasteiger partial charge is 0.309 e. The highest BCUT2D eigenvalue weighted by Crippen LogP contribution is 2.53. The van der Waals surface area contributed by atoms with Gasteiger partial charge in [0.2, 0.25) is 0 Å². The van der Waals surface area contributed by atoms with Gasteiger partial charge in [0.15, 0.2) is 0 Å². The van der Waals surface area contributed by atoms with Gasteiger partial charge in [-0.1, -0.05) is 37.3 Å². The Labute approximate surface area is 135 Å². The first-order chi connectivity index (χ1) is 10.5. The van der Waals surface area contributed by atoms with E-state index in [1.807, 2.05) is 52.0 Å². The molecule has 0 radical (unpaired) electrons. The van der Waals surface area contributed by atoms with Crippen molar-refractivity contribution < 1.29 is 18.8 Å². The van der Waals surface area contributed by atoms with E-state index < -0.39 is 16.8 Å². The molecule has 0 saturated carbocycles. The van der Waals surface area contributed by atoms with Crippen LogP contribution in [0.5, 0.6) is 0 Å². The first-order valence-electron chi connectivity index (χ1n) is 7.72. The predicted molar refractivity (Wildman–Crippen MR) is 87.6 cm³/mol. The average Bonchev–Trinajstić information content (AvgIpc) is 2.84. The van der Waals surface area contributed by atoms with Crippen LogP contribution in [0.4, 0.5) is 0 Å². The van der Waals surface area contributed by atoms with Crippen molar-refractivity contribution in [1.82, 2.24) is 0 Å². The zero-order valence-corrected chi connectivity index (χ0v) is 14.0. The largest absolute Gasteiger partial charge is 0.616 e. The predicted octanol–water partition coefficient (Wildman–Crippen LogP) is 1.00.